The number of pyridine rings is 1. The number of piperazine rings is 1. The minimum atomic E-state index is -0.0648. The molecule has 1 aliphatic rings. The van der Waals surface area contributed by atoms with Crippen molar-refractivity contribution in [3.05, 3.63) is 54.4 Å². The summed E-state index contributed by atoms with van der Waals surface area (Å²) in [6, 6.07) is 12.2. The number of para-hydroxylation sites is 1. The topological polar surface area (TPSA) is 48.5 Å². The molecule has 1 N–H and O–H groups in total. The van der Waals surface area contributed by atoms with E-state index in [1.807, 2.05) is 29.2 Å². The monoisotopic (exact) mass is 338 g/mol. The van der Waals surface area contributed by atoms with E-state index >= 15 is 0 Å². The van der Waals surface area contributed by atoms with E-state index in [2.05, 4.69) is 48.1 Å². The molecular weight excluding hydrogens is 312 g/mol. The first-order valence-corrected chi connectivity index (χ1v) is 8.75. The molecule has 1 aromatic carbocycles. The Hall–Kier alpha value is -2.56. The average molecular weight is 338 g/mol. The van der Waals surface area contributed by atoms with Gasteiger partial charge in [0, 0.05) is 49.8 Å². The van der Waals surface area contributed by atoms with Crippen LogP contribution in [-0.4, -0.2) is 47.5 Å². The van der Waals surface area contributed by atoms with Crippen LogP contribution in [0.4, 0.5) is 11.4 Å². The summed E-state index contributed by atoms with van der Waals surface area (Å²) in [4.78, 5) is 21.3. The number of aromatic nitrogens is 1. The van der Waals surface area contributed by atoms with Crippen LogP contribution in [0.15, 0.2) is 48.8 Å². The molecule has 0 atom stereocenters. The van der Waals surface area contributed by atoms with Crippen molar-refractivity contribution in [3.8, 4) is 0 Å². The van der Waals surface area contributed by atoms with Gasteiger partial charge >= 0.3 is 0 Å². The minimum Gasteiger partial charge on any atom is -0.379 e. The maximum Gasteiger partial charge on any atom is 0.255 e. The van der Waals surface area contributed by atoms with Gasteiger partial charge in [0.1, 0.15) is 0 Å². The molecule has 1 saturated heterocycles. The Morgan fingerprint density at radius 1 is 1.04 bits per heavy atom. The lowest BCUT2D eigenvalue weighted by Gasteiger charge is -2.36. The van der Waals surface area contributed by atoms with Crippen molar-refractivity contribution >= 4 is 17.3 Å². The van der Waals surface area contributed by atoms with Gasteiger partial charge < -0.3 is 15.1 Å². The second-order valence-electron chi connectivity index (χ2n) is 7.45. The van der Waals surface area contributed by atoms with Gasteiger partial charge in [0.15, 0.2) is 0 Å². The van der Waals surface area contributed by atoms with E-state index in [1.54, 1.807) is 12.4 Å². The number of nitrogens with zero attached hydrogens (tertiary/aromatic N) is 3. The Kier molecular flexibility index (Phi) is 4.93. The largest absolute Gasteiger partial charge is 0.379 e. The first-order valence-electron chi connectivity index (χ1n) is 8.75. The molecule has 0 radical (unpaired) electrons. The number of benzene rings is 1. The summed E-state index contributed by atoms with van der Waals surface area (Å²) >= 11 is 0. The summed E-state index contributed by atoms with van der Waals surface area (Å²) in [5.41, 5.74) is 2.67. The molecule has 1 aromatic heterocycles. The Morgan fingerprint density at radius 2 is 1.72 bits per heavy atom. The first kappa shape index (κ1) is 17.3. The summed E-state index contributed by atoms with van der Waals surface area (Å²) in [5.74, 6) is 0.0535. The number of hydrogen-bond acceptors (Lipinski definition) is 4. The van der Waals surface area contributed by atoms with Gasteiger partial charge in [-0.3, -0.25) is 9.78 Å². The lowest BCUT2D eigenvalue weighted by atomic mass is 10.1. The number of carbonyl (C=O) groups excluding carboxylic acids is 1. The highest BCUT2D eigenvalue weighted by molar-refractivity contribution is 5.95. The molecule has 1 aliphatic heterocycles. The van der Waals surface area contributed by atoms with E-state index in [0.29, 0.717) is 5.56 Å². The van der Waals surface area contributed by atoms with Gasteiger partial charge in [0.25, 0.3) is 5.91 Å². The fourth-order valence-corrected chi connectivity index (χ4v) is 3.05. The zero-order valence-electron chi connectivity index (χ0n) is 15.2. The molecule has 0 saturated carbocycles. The summed E-state index contributed by atoms with van der Waals surface area (Å²) in [6.45, 7) is 9.42. The van der Waals surface area contributed by atoms with Crippen LogP contribution in [0.1, 0.15) is 31.1 Å². The van der Waals surface area contributed by atoms with E-state index < -0.39 is 0 Å². The highest BCUT2D eigenvalue weighted by Gasteiger charge is 2.23. The fraction of sp³-hybridized carbons (Fsp3) is 0.400. The molecule has 1 amide bonds. The first-order chi connectivity index (χ1) is 11.9. The van der Waals surface area contributed by atoms with Crippen LogP contribution in [0.25, 0.3) is 0 Å². The normalized spacial score (nSPS) is 15.2. The van der Waals surface area contributed by atoms with Gasteiger partial charge in [-0.1, -0.05) is 18.2 Å². The number of carbonyl (C=O) groups is 1. The molecule has 25 heavy (non-hydrogen) atoms. The van der Waals surface area contributed by atoms with Crippen molar-refractivity contribution in [3.63, 3.8) is 0 Å². The van der Waals surface area contributed by atoms with Crippen molar-refractivity contribution in [2.24, 2.45) is 0 Å². The summed E-state index contributed by atoms with van der Waals surface area (Å²) in [6.07, 6.45) is 3.41. The Bertz CT molecular complexity index is 716. The number of hydrogen-bond donors (Lipinski definition) is 1. The van der Waals surface area contributed by atoms with E-state index in [0.717, 1.165) is 31.9 Å². The fourth-order valence-electron chi connectivity index (χ4n) is 3.05. The maximum absolute atomic E-state index is 12.8. The summed E-state index contributed by atoms with van der Waals surface area (Å²) < 4.78 is 0. The van der Waals surface area contributed by atoms with Crippen molar-refractivity contribution < 1.29 is 4.79 Å². The second kappa shape index (κ2) is 7.13. The van der Waals surface area contributed by atoms with E-state index in [4.69, 9.17) is 0 Å². The van der Waals surface area contributed by atoms with E-state index in [-0.39, 0.29) is 11.4 Å². The molecule has 1 fully saturated rings. The van der Waals surface area contributed by atoms with Crippen molar-refractivity contribution in [2.45, 2.75) is 26.3 Å². The lowest BCUT2D eigenvalue weighted by Crippen LogP contribution is -2.48. The molecule has 2 heterocycles. The molecule has 0 bridgehead atoms. The van der Waals surface area contributed by atoms with Gasteiger partial charge in [-0.15, -0.1) is 0 Å². The zero-order valence-corrected chi connectivity index (χ0v) is 15.2. The SMILES string of the molecule is CC(C)(C)Nc1cncc(C(=O)N2CCN(c3ccccc3)CC2)c1. The molecule has 5 nitrogen and oxygen atoms in total. The van der Waals surface area contributed by atoms with Crippen molar-refractivity contribution in [2.75, 3.05) is 36.4 Å². The van der Waals surface area contributed by atoms with Crippen LogP contribution in [0.2, 0.25) is 0 Å². The van der Waals surface area contributed by atoms with Crippen molar-refractivity contribution in [1.29, 1.82) is 0 Å². The second-order valence-corrected chi connectivity index (χ2v) is 7.45. The minimum absolute atomic E-state index is 0.0535. The number of rotatable bonds is 3. The quantitative estimate of drug-likeness (QED) is 0.933. The molecular formula is C20H26N4O. The molecule has 3 rings (SSSR count). The summed E-state index contributed by atoms with van der Waals surface area (Å²) in [5, 5.41) is 3.37. The molecule has 0 aliphatic carbocycles. The van der Waals surface area contributed by atoms with Gasteiger partial charge in [-0.2, -0.15) is 0 Å². The van der Waals surface area contributed by atoms with Gasteiger partial charge in [-0.25, -0.2) is 0 Å². The number of anilines is 2. The third kappa shape index (κ3) is 4.50. The Balaban J connectivity index is 1.64. The predicted octanol–water partition coefficient (Wildman–Crippen LogP) is 3.25. The molecule has 5 heteroatoms. The molecule has 132 valence electrons. The number of nitrogens with one attached hydrogen (secondary N) is 1. The zero-order chi connectivity index (χ0) is 17.9. The van der Waals surface area contributed by atoms with Crippen LogP contribution >= 0.6 is 0 Å². The standard InChI is InChI=1S/C20H26N4O/c1-20(2,3)22-17-13-16(14-21-15-17)19(25)24-11-9-23(10-12-24)18-7-5-4-6-8-18/h4-8,13-15,22H,9-12H2,1-3H3. The molecule has 0 unspecified atom stereocenters. The van der Waals surface area contributed by atoms with E-state index in [1.165, 1.54) is 5.69 Å². The van der Waals surface area contributed by atoms with Crippen LogP contribution in [-0.2, 0) is 0 Å². The lowest BCUT2D eigenvalue weighted by molar-refractivity contribution is 0.0746. The molecule has 0 spiro atoms. The van der Waals surface area contributed by atoms with Crippen LogP contribution in [0.5, 0.6) is 0 Å². The van der Waals surface area contributed by atoms with Gasteiger partial charge in [-0.05, 0) is 39.0 Å². The van der Waals surface area contributed by atoms with Crippen LogP contribution in [0, 0.1) is 0 Å². The Morgan fingerprint density at radius 3 is 2.36 bits per heavy atom. The highest BCUT2D eigenvalue weighted by atomic mass is 16.2. The van der Waals surface area contributed by atoms with Crippen LogP contribution < -0.4 is 10.2 Å². The number of amides is 1. The Labute approximate surface area is 149 Å². The van der Waals surface area contributed by atoms with Crippen LogP contribution in [0.3, 0.4) is 0 Å². The van der Waals surface area contributed by atoms with Gasteiger partial charge in [0.05, 0.1) is 11.3 Å². The molecule has 2 aromatic rings. The predicted molar refractivity (Wildman–Crippen MR) is 102 cm³/mol. The third-order valence-electron chi connectivity index (χ3n) is 4.19. The smallest absolute Gasteiger partial charge is 0.255 e. The van der Waals surface area contributed by atoms with E-state index in [9.17, 15) is 4.79 Å². The van der Waals surface area contributed by atoms with Crippen molar-refractivity contribution in [1.82, 2.24) is 9.88 Å². The van der Waals surface area contributed by atoms with Gasteiger partial charge in [0.2, 0.25) is 0 Å². The average Bonchev–Trinajstić information content (AvgIpc) is 2.61. The summed E-state index contributed by atoms with van der Waals surface area (Å²) in [7, 11) is 0. The highest BCUT2D eigenvalue weighted by Crippen LogP contribution is 2.19. The maximum atomic E-state index is 12.8. The third-order valence-corrected chi connectivity index (χ3v) is 4.19.